The zero-order valence-corrected chi connectivity index (χ0v) is 26.6. The molecule has 0 unspecified atom stereocenters. The quantitative estimate of drug-likeness (QED) is 0.250. The molecule has 0 radical (unpaired) electrons. The summed E-state index contributed by atoms with van der Waals surface area (Å²) in [5.74, 6) is -0.926. The number of carbonyl (C=O) groups is 2. The fourth-order valence-corrected chi connectivity index (χ4v) is 6.22. The molecule has 2 atom stereocenters. The standard InChI is InChI=1S/C29H32BrCl2N3O4S/c1-5-20(3)33-29(37)21(4)34(17-22-7-6-8-23(30)15-22)28(36)18-35(27-16-24(31)11-14-26(27)32)40(38,39)25-12-9-19(2)10-13-25/h6-16,20-21H,5,17-18H2,1-4H3,(H,33,37)/t20-,21-/m0/s1. The molecule has 0 saturated carbocycles. The van der Waals surface area contributed by atoms with Crippen LogP contribution in [0.3, 0.4) is 0 Å². The van der Waals surface area contributed by atoms with Crippen LogP contribution in [0.15, 0.2) is 76.1 Å². The molecule has 0 aromatic heterocycles. The van der Waals surface area contributed by atoms with Crippen molar-refractivity contribution in [3.8, 4) is 0 Å². The number of sulfonamides is 1. The average molecular weight is 669 g/mol. The Morgan fingerprint density at radius 1 is 1.00 bits per heavy atom. The van der Waals surface area contributed by atoms with Gasteiger partial charge in [-0.25, -0.2) is 8.42 Å². The maximum absolute atomic E-state index is 14.0. The molecule has 40 heavy (non-hydrogen) atoms. The molecule has 0 aliphatic carbocycles. The van der Waals surface area contributed by atoms with Crippen molar-refractivity contribution >= 4 is 66.7 Å². The monoisotopic (exact) mass is 667 g/mol. The van der Waals surface area contributed by atoms with E-state index in [1.54, 1.807) is 19.1 Å². The third kappa shape index (κ3) is 8.00. The van der Waals surface area contributed by atoms with Gasteiger partial charge in [0.05, 0.1) is 15.6 Å². The van der Waals surface area contributed by atoms with Gasteiger partial charge in [0.2, 0.25) is 11.8 Å². The van der Waals surface area contributed by atoms with Crippen LogP contribution in [0.1, 0.15) is 38.3 Å². The second-order valence-corrected chi connectivity index (χ2v) is 13.2. The van der Waals surface area contributed by atoms with Crippen molar-refractivity contribution in [2.45, 2.75) is 57.6 Å². The van der Waals surface area contributed by atoms with E-state index in [0.29, 0.717) is 6.42 Å². The zero-order chi connectivity index (χ0) is 29.6. The first kappa shape index (κ1) is 31.9. The van der Waals surface area contributed by atoms with E-state index in [2.05, 4.69) is 21.2 Å². The third-order valence-electron chi connectivity index (χ3n) is 6.47. The van der Waals surface area contributed by atoms with Gasteiger partial charge in [-0.05, 0) is 75.2 Å². The lowest BCUT2D eigenvalue weighted by atomic mass is 10.1. The molecule has 1 N–H and O–H groups in total. The summed E-state index contributed by atoms with van der Waals surface area (Å²) in [5, 5.41) is 3.27. The second kappa shape index (κ2) is 13.9. The molecule has 0 spiro atoms. The molecule has 11 heteroatoms. The molecule has 0 fully saturated rings. The first-order valence-corrected chi connectivity index (χ1v) is 15.7. The summed E-state index contributed by atoms with van der Waals surface area (Å²) >= 11 is 16.1. The Hall–Kier alpha value is -2.59. The molecular weight excluding hydrogens is 637 g/mol. The van der Waals surface area contributed by atoms with Crippen LogP contribution in [0.4, 0.5) is 5.69 Å². The molecule has 0 aliphatic heterocycles. The van der Waals surface area contributed by atoms with Crippen LogP contribution in [0.2, 0.25) is 10.0 Å². The van der Waals surface area contributed by atoms with E-state index >= 15 is 0 Å². The van der Waals surface area contributed by atoms with E-state index in [4.69, 9.17) is 23.2 Å². The highest BCUT2D eigenvalue weighted by Gasteiger charge is 2.33. The summed E-state index contributed by atoms with van der Waals surface area (Å²) < 4.78 is 29.6. The van der Waals surface area contributed by atoms with Gasteiger partial charge in [0.25, 0.3) is 10.0 Å². The Morgan fingerprint density at radius 3 is 2.30 bits per heavy atom. The van der Waals surface area contributed by atoms with Gasteiger partial charge in [-0.15, -0.1) is 0 Å². The van der Waals surface area contributed by atoms with E-state index in [-0.39, 0.29) is 39.1 Å². The van der Waals surface area contributed by atoms with Crippen LogP contribution >= 0.6 is 39.1 Å². The molecule has 3 aromatic rings. The number of rotatable bonds is 11. The van der Waals surface area contributed by atoms with Crippen molar-refractivity contribution in [1.29, 1.82) is 0 Å². The van der Waals surface area contributed by atoms with Crippen molar-refractivity contribution in [2.24, 2.45) is 0 Å². The van der Waals surface area contributed by atoms with Gasteiger partial charge < -0.3 is 10.2 Å². The van der Waals surface area contributed by atoms with E-state index in [1.807, 2.05) is 45.0 Å². The van der Waals surface area contributed by atoms with Crippen molar-refractivity contribution in [3.63, 3.8) is 0 Å². The highest BCUT2D eigenvalue weighted by molar-refractivity contribution is 9.10. The number of hydrogen-bond acceptors (Lipinski definition) is 4. The molecule has 0 aliphatic rings. The van der Waals surface area contributed by atoms with E-state index < -0.39 is 28.5 Å². The Kier molecular flexibility index (Phi) is 11.1. The van der Waals surface area contributed by atoms with Gasteiger partial charge in [-0.1, -0.05) is 75.9 Å². The van der Waals surface area contributed by atoms with Crippen molar-refractivity contribution in [1.82, 2.24) is 10.2 Å². The molecule has 7 nitrogen and oxygen atoms in total. The molecule has 2 amide bonds. The van der Waals surface area contributed by atoms with Crippen LogP contribution in [-0.4, -0.2) is 43.8 Å². The van der Waals surface area contributed by atoms with Gasteiger partial charge >= 0.3 is 0 Å². The smallest absolute Gasteiger partial charge is 0.264 e. The van der Waals surface area contributed by atoms with Gasteiger partial charge in [0.1, 0.15) is 12.6 Å². The largest absolute Gasteiger partial charge is 0.352 e. The van der Waals surface area contributed by atoms with E-state index in [9.17, 15) is 18.0 Å². The SMILES string of the molecule is CC[C@H](C)NC(=O)[C@H](C)N(Cc1cccc(Br)c1)C(=O)CN(c1cc(Cl)ccc1Cl)S(=O)(=O)c1ccc(C)cc1. The minimum Gasteiger partial charge on any atom is -0.352 e. The van der Waals surface area contributed by atoms with Crippen LogP contribution in [0.25, 0.3) is 0 Å². The highest BCUT2D eigenvalue weighted by Crippen LogP contribution is 2.33. The topological polar surface area (TPSA) is 86.8 Å². The van der Waals surface area contributed by atoms with Crippen LogP contribution < -0.4 is 9.62 Å². The third-order valence-corrected chi connectivity index (χ3v) is 9.30. The number of nitrogens with one attached hydrogen (secondary N) is 1. The van der Waals surface area contributed by atoms with Crippen molar-refractivity contribution in [2.75, 3.05) is 10.8 Å². The molecule has 0 saturated heterocycles. The minimum absolute atomic E-state index is 0.0111. The first-order chi connectivity index (χ1) is 18.8. The summed E-state index contributed by atoms with van der Waals surface area (Å²) in [6.07, 6.45) is 0.716. The fraction of sp³-hybridized carbons (Fsp3) is 0.310. The Balaban J connectivity index is 2.07. The van der Waals surface area contributed by atoms with E-state index in [0.717, 1.165) is 19.9 Å². The van der Waals surface area contributed by atoms with Crippen molar-refractivity contribution < 1.29 is 18.0 Å². The molecule has 0 heterocycles. The second-order valence-electron chi connectivity index (χ2n) is 9.57. The van der Waals surface area contributed by atoms with Gasteiger partial charge in [0.15, 0.2) is 0 Å². The maximum Gasteiger partial charge on any atom is 0.264 e. The number of aryl methyl sites for hydroxylation is 1. The number of hydrogen-bond donors (Lipinski definition) is 1. The fourth-order valence-electron chi connectivity index (χ4n) is 3.91. The Bertz CT molecular complexity index is 1470. The summed E-state index contributed by atoms with van der Waals surface area (Å²) in [5.41, 5.74) is 1.70. The number of amides is 2. The zero-order valence-electron chi connectivity index (χ0n) is 22.7. The summed E-state index contributed by atoms with van der Waals surface area (Å²) in [6, 6.07) is 17.1. The predicted octanol–water partition coefficient (Wildman–Crippen LogP) is 6.59. The number of nitrogens with zero attached hydrogens (tertiary/aromatic N) is 2. The predicted molar refractivity (Wildman–Crippen MR) is 164 cm³/mol. The number of anilines is 1. The molecule has 0 bridgehead atoms. The van der Waals surface area contributed by atoms with Gasteiger partial charge in [-0.3, -0.25) is 13.9 Å². The molecule has 3 rings (SSSR count). The lowest BCUT2D eigenvalue weighted by Crippen LogP contribution is -2.52. The van der Waals surface area contributed by atoms with E-state index in [1.165, 1.54) is 35.2 Å². The van der Waals surface area contributed by atoms with Gasteiger partial charge in [-0.2, -0.15) is 0 Å². The maximum atomic E-state index is 14.0. The highest BCUT2D eigenvalue weighted by atomic mass is 79.9. The van der Waals surface area contributed by atoms with Crippen molar-refractivity contribution in [3.05, 3.63) is 92.4 Å². The first-order valence-electron chi connectivity index (χ1n) is 12.7. The summed E-state index contributed by atoms with van der Waals surface area (Å²) in [4.78, 5) is 28.5. The van der Waals surface area contributed by atoms with Crippen LogP contribution in [-0.2, 0) is 26.2 Å². The molecular formula is C29H32BrCl2N3O4S. The summed E-state index contributed by atoms with van der Waals surface area (Å²) in [7, 11) is -4.25. The minimum atomic E-state index is -4.25. The normalized spacial score (nSPS) is 12.9. The van der Waals surface area contributed by atoms with Gasteiger partial charge in [0, 0.05) is 22.1 Å². The lowest BCUT2D eigenvalue weighted by Gasteiger charge is -2.32. The average Bonchev–Trinajstić information content (AvgIpc) is 2.91. The van der Waals surface area contributed by atoms with Crippen LogP contribution in [0.5, 0.6) is 0 Å². The number of halogens is 3. The van der Waals surface area contributed by atoms with Crippen LogP contribution in [0, 0.1) is 6.92 Å². The lowest BCUT2D eigenvalue weighted by molar-refractivity contribution is -0.139. The molecule has 214 valence electrons. The Labute approximate surface area is 254 Å². The Morgan fingerprint density at radius 2 is 1.68 bits per heavy atom. The summed E-state index contributed by atoms with van der Waals surface area (Å²) in [6.45, 7) is 6.76. The molecule has 3 aromatic carbocycles. The number of benzene rings is 3. The number of carbonyl (C=O) groups excluding carboxylic acids is 2.